The molecule has 5 heteroatoms. The van der Waals surface area contributed by atoms with Crippen molar-refractivity contribution in [2.75, 3.05) is 17.8 Å². The predicted molar refractivity (Wildman–Crippen MR) is 64.9 cm³/mol. The summed E-state index contributed by atoms with van der Waals surface area (Å²) in [6.07, 6.45) is 0. The number of hydrogen-bond donors (Lipinski definition) is 1. The first-order valence-electron chi connectivity index (χ1n) is 4.63. The number of hydrogen-bond acceptors (Lipinski definition) is 3. The number of amides is 1. The number of alkyl halides is 1. The number of ether oxygens (including phenoxy) is 1. The van der Waals surface area contributed by atoms with Gasteiger partial charge in [-0.25, -0.2) is 4.79 Å². The molecule has 86 valence electrons. The Morgan fingerprint density at radius 3 is 2.69 bits per heavy atom. The minimum Gasteiger partial charge on any atom is -0.465 e. The van der Waals surface area contributed by atoms with Crippen LogP contribution in [0.2, 0.25) is 0 Å². The molecule has 0 unspecified atom stereocenters. The molecule has 1 amide bonds. The molecule has 0 spiro atoms. The third kappa shape index (κ3) is 3.06. The first-order valence-corrected chi connectivity index (χ1v) is 5.75. The van der Waals surface area contributed by atoms with Crippen LogP contribution in [0.25, 0.3) is 0 Å². The second-order valence-electron chi connectivity index (χ2n) is 3.22. The van der Waals surface area contributed by atoms with Crippen LogP contribution in [0.1, 0.15) is 15.9 Å². The maximum atomic E-state index is 11.5. The second kappa shape index (κ2) is 5.65. The van der Waals surface area contributed by atoms with Gasteiger partial charge in [-0.05, 0) is 19.1 Å². The fourth-order valence-electron chi connectivity index (χ4n) is 1.23. The minimum atomic E-state index is -0.464. The molecule has 0 aliphatic heterocycles. The van der Waals surface area contributed by atoms with Crippen molar-refractivity contribution in [2.24, 2.45) is 0 Å². The Bertz CT molecular complexity index is 418. The highest BCUT2D eigenvalue weighted by atomic mass is 79.9. The fourth-order valence-corrected chi connectivity index (χ4v) is 1.37. The minimum absolute atomic E-state index is 0.182. The summed E-state index contributed by atoms with van der Waals surface area (Å²) >= 11 is 3.04. The maximum absolute atomic E-state index is 11.5. The van der Waals surface area contributed by atoms with Crippen molar-refractivity contribution >= 4 is 33.5 Å². The van der Waals surface area contributed by atoms with Gasteiger partial charge < -0.3 is 10.1 Å². The summed E-state index contributed by atoms with van der Waals surface area (Å²) in [5.41, 5.74) is 1.75. The quantitative estimate of drug-likeness (QED) is 0.684. The molecule has 1 aromatic carbocycles. The van der Waals surface area contributed by atoms with Crippen molar-refractivity contribution in [3.63, 3.8) is 0 Å². The molecule has 0 saturated heterocycles. The van der Waals surface area contributed by atoms with Gasteiger partial charge in [0, 0.05) is 0 Å². The summed E-state index contributed by atoms with van der Waals surface area (Å²) < 4.78 is 4.65. The van der Waals surface area contributed by atoms with E-state index in [0.717, 1.165) is 5.56 Å². The van der Waals surface area contributed by atoms with Crippen LogP contribution < -0.4 is 5.32 Å². The number of nitrogens with one attached hydrogen (secondary N) is 1. The first kappa shape index (κ1) is 12.7. The SMILES string of the molecule is COC(=O)c1cc(C)ccc1NC(=O)CBr. The van der Waals surface area contributed by atoms with Gasteiger partial charge in [-0.1, -0.05) is 27.6 Å². The lowest BCUT2D eigenvalue weighted by Gasteiger charge is -2.09. The monoisotopic (exact) mass is 285 g/mol. The highest BCUT2D eigenvalue weighted by Crippen LogP contribution is 2.18. The van der Waals surface area contributed by atoms with Gasteiger partial charge in [-0.2, -0.15) is 0 Å². The number of anilines is 1. The average Bonchev–Trinajstić information content (AvgIpc) is 2.30. The Kier molecular flexibility index (Phi) is 4.49. The number of benzene rings is 1. The van der Waals surface area contributed by atoms with Crippen molar-refractivity contribution in [1.82, 2.24) is 0 Å². The number of esters is 1. The number of carbonyl (C=O) groups is 2. The van der Waals surface area contributed by atoms with E-state index in [1.54, 1.807) is 12.1 Å². The number of methoxy groups -OCH3 is 1. The van der Waals surface area contributed by atoms with Gasteiger partial charge in [0.25, 0.3) is 0 Å². The fraction of sp³-hybridized carbons (Fsp3) is 0.273. The normalized spacial score (nSPS) is 9.69. The summed E-state index contributed by atoms with van der Waals surface area (Å²) in [6, 6.07) is 5.17. The Hall–Kier alpha value is -1.36. The summed E-state index contributed by atoms with van der Waals surface area (Å²) in [5.74, 6) is -0.678. The molecule has 0 bridgehead atoms. The van der Waals surface area contributed by atoms with E-state index in [9.17, 15) is 9.59 Å². The van der Waals surface area contributed by atoms with Crippen molar-refractivity contribution < 1.29 is 14.3 Å². The standard InChI is InChI=1S/C11H12BrNO3/c1-7-3-4-9(13-10(14)6-12)8(5-7)11(15)16-2/h3-5H,6H2,1-2H3,(H,13,14). The lowest BCUT2D eigenvalue weighted by molar-refractivity contribution is -0.113. The van der Waals surface area contributed by atoms with Gasteiger partial charge in [0.15, 0.2) is 0 Å². The van der Waals surface area contributed by atoms with Gasteiger partial charge in [-0.3, -0.25) is 4.79 Å². The van der Waals surface area contributed by atoms with Crippen LogP contribution in [-0.2, 0) is 9.53 Å². The van der Waals surface area contributed by atoms with Crippen molar-refractivity contribution in [3.05, 3.63) is 29.3 Å². The molecule has 1 N–H and O–H groups in total. The molecule has 0 saturated carbocycles. The van der Waals surface area contributed by atoms with Crippen LogP contribution in [0.15, 0.2) is 18.2 Å². The van der Waals surface area contributed by atoms with Crippen LogP contribution in [0.5, 0.6) is 0 Å². The van der Waals surface area contributed by atoms with Crippen LogP contribution in [0, 0.1) is 6.92 Å². The molecule has 0 aliphatic carbocycles. The lowest BCUT2D eigenvalue weighted by Crippen LogP contribution is -2.16. The zero-order valence-electron chi connectivity index (χ0n) is 9.04. The van der Waals surface area contributed by atoms with Crippen molar-refractivity contribution in [1.29, 1.82) is 0 Å². The number of halogens is 1. The Morgan fingerprint density at radius 1 is 1.44 bits per heavy atom. The number of aryl methyl sites for hydroxylation is 1. The van der Waals surface area contributed by atoms with E-state index >= 15 is 0 Å². The highest BCUT2D eigenvalue weighted by Gasteiger charge is 2.13. The van der Waals surface area contributed by atoms with Crippen LogP contribution >= 0.6 is 15.9 Å². The topological polar surface area (TPSA) is 55.4 Å². The van der Waals surface area contributed by atoms with Crippen molar-refractivity contribution in [3.8, 4) is 0 Å². The number of rotatable bonds is 3. The largest absolute Gasteiger partial charge is 0.465 e. The third-order valence-electron chi connectivity index (χ3n) is 1.98. The summed E-state index contributed by atoms with van der Waals surface area (Å²) in [7, 11) is 1.31. The van der Waals surface area contributed by atoms with E-state index in [-0.39, 0.29) is 11.2 Å². The molecule has 0 aliphatic rings. The van der Waals surface area contributed by atoms with E-state index in [1.165, 1.54) is 7.11 Å². The Morgan fingerprint density at radius 2 is 2.12 bits per heavy atom. The van der Waals surface area contributed by atoms with Gasteiger partial charge in [0.2, 0.25) is 5.91 Å². The van der Waals surface area contributed by atoms with Gasteiger partial charge >= 0.3 is 5.97 Å². The Labute approximate surface area is 102 Å². The van der Waals surface area contributed by atoms with E-state index in [1.807, 2.05) is 13.0 Å². The Balaban J connectivity index is 3.07. The van der Waals surface area contributed by atoms with Crippen LogP contribution in [-0.4, -0.2) is 24.3 Å². The molecule has 0 atom stereocenters. The third-order valence-corrected chi connectivity index (χ3v) is 2.49. The summed E-state index contributed by atoms with van der Waals surface area (Å²) in [4.78, 5) is 22.7. The summed E-state index contributed by atoms with van der Waals surface area (Å²) in [5, 5.41) is 2.80. The molecule has 0 heterocycles. The molecular weight excluding hydrogens is 274 g/mol. The number of carbonyl (C=O) groups excluding carboxylic acids is 2. The van der Waals surface area contributed by atoms with Gasteiger partial charge in [0.05, 0.1) is 23.7 Å². The predicted octanol–water partition coefficient (Wildman–Crippen LogP) is 2.12. The molecule has 0 radical (unpaired) electrons. The molecule has 0 aromatic heterocycles. The average molecular weight is 286 g/mol. The van der Waals surface area contributed by atoms with Crippen LogP contribution in [0.3, 0.4) is 0 Å². The molecule has 1 rings (SSSR count). The molecule has 1 aromatic rings. The maximum Gasteiger partial charge on any atom is 0.339 e. The van der Waals surface area contributed by atoms with E-state index < -0.39 is 5.97 Å². The van der Waals surface area contributed by atoms with E-state index in [4.69, 9.17) is 0 Å². The van der Waals surface area contributed by atoms with E-state index in [2.05, 4.69) is 26.0 Å². The molecule has 16 heavy (non-hydrogen) atoms. The second-order valence-corrected chi connectivity index (χ2v) is 3.78. The smallest absolute Gasteiger partial charge is 0.339 e. The highest BCUT2D eigenvalue weighted by molar-refractivity contribution is 9.09. The summed E-state index contributed by atoms with van der Waals surface area (Å²) in [6.45, 7) is 1.86. The van der Waals surface area contributed by atoms with Gasteiger partial charge in [-0.15, -0.1) is 0 Å². The first-order chi connectivity index (χ1) is 7.58. The molecule has 0 fully saturated rings. The molecule has 4 nitrogen and oxygen atoms in total. The van der Waals surface area contributed by atoms with Crippen molar-refractivity contribution in [2.45, 2.75) is 6.92 Å². The van der Waals surface area contributed by atoms with Gasteiger partial charge in [0.1, 0.15) is 0 Å². The van der Waals surface area contributed by atoms with Crippen LogP contribution in [0.4, 0.5) is 5.69 Å². The zero-order chi connectivity index (χ0) is 12.1. The van der Waals surface area contributed by atoms with E-state index in [0.29, 0.717) is 11.3 Å². The lowest BCUT2D eigenvalue weighted by atomic mass is 10.1. The zero-order valence-corrected chi connectivity index (χ0v) is 10.6. The molecular formula is C11H12BrNO3.